The number of nitrogens with one attached hydrogen (secondary N) is 1. The predicted molar refractivity (Wildman–Crippen MR) is 75.8 cm³/mol. The topological polar surface area (TPSA) is 46.2 Å². The normalized spacial score (nSPS) is 14.5. The Balaban J connectivity index is 3.02. The summed E-state index contributed by atoms with van der Waals surface area (Å²) < 4.78 is 24.6. The second-order valence-electron chi connectivity index (χ2n) is 5.45. The summed E-state index contributed by atoms with van der Waals surface area (Å²) in [6, 6.07) is 6.28. The maximum atomic E-state index is 12.3. The number of hydrogen-bond acceptors (Lipinski definition) is 3. The predicted octanol–water partition coefficient (Wildman–Crippen LogP) is 2.75. The molecule has 0 saturated heterocycles. The van der Waals surface area contributed by atoms with Gasteiger partial charge in [-0.3, -0.25) is 0 Å². The third-order valence-corrected chi connectivity index (χ3v) is 4.91. The van der Waals surface area contributed by atoms with Crippen molar-refractivity contribution in [1.82, 2.24) is 5.32 Å². The van der Waals surface area contributed by atoms with E-state index < -0.39 is 9.84 Å². The van der Waals surface area contributed by atoms with Crippen LogP contribution in [0.5, 0.6) is 0 Å². The van der Waals surface area contributed by atoms with Crippen molar-refractivity contribution in [3.05, 3.63) is 29.3 Å². The van der Waals surface area contributed by atoms with E-state index in [1.807, 2.05) is 20.8 Å². The molecular formula is C13H20ClNO2S. The lowest BCUT2D eigenvalue weighted by Gasteiger charge is -2.30. The summed E-state index contributed by atoms with van der Waals surface area (Å²) in [7, 11) is -1.54. The molecule has 0 bridgehead atoms. The van der Waals surface area contributed by atoms with Crippen molar-refractivity contribution in [3.63, 3.8) is 0 Å². The van der Waals surface area contributed by atoms with Gasteiger partial charge in [-0.25, -0.2) is 8.42 Å². The molecule has 0 amide bonds. The number of rotatable bonds is 4. The molecule has 0 aliphatic heterocycles. The van der Waals surface area contributed by atoms with Gasteiger partial charge in [0.05, 0.1) is 10.6 Å². The molecule has 0 heterocycles. The maximum Gasteiger partial charge on any atom is 0.179 e. The largest absolute Gasteiger partial charge is 0.315 e. The number of benzene rings is 1. The van der Waals surface area contributed by atoms with E-state index in [1.54, 1.807) is 25.2 Å². The van der Waals surface area contributed by atoms with Crippen LogP contribution in [0.15, 0.2) is 29.2 Å². The quantitative estimate of drug-likeness (QED) is 0.927. The Morgan fingerprint density at radius 1 is 1.33 bits per heavy atom. The van der Waals surface area contributed by atoms with Crippen LogP contribution in [-0.4, -0.2) is 27.3 Å². The van der Waals surface area contributed by atoms with Gasteiger partial charge in [0.15, 0.2) is 9.84 Å². The average Bonchev–Trinajstić information content (AvgIpc) is 2.24. The zero-order chi connectivity index (χ0) is 14.0. The summed E-state index contributed by atoms with van der Waals surface area (Å²) in [4.78, 5) is 0.277. The minimum absolute atomic E-state index is 0.0628. The minimum atomic E-state index is -3.32. The van der Waals surface area contributed by atoms with Crippen LogP contribution < -0.4 is 5.32 Å². The summed E-state index contributed by atoms with van der Waals surface area (Å²) in [6.07, 6.45) is 0. The minimum Gasteiger partial charge on any atom is -0.315 e. The summed E-state index contributed by atoms with van der Waals surface area (Å²) in [5, 5.41) is 3.51. The molecule has 0 radical (unpaired) electrons. The molecule has 1 unspecified atom stereocenters. The number of sulfone groups is 1. The van der Waals surface area contributed by atoms with Gasteiger partial charge in [0.2, 0.25) is 0 Å². The Labute approximate surface area is 114 Å². The van der Waals surface area contributed by atoms with Gasteiger partial charge in [-0.2, -0.15) is 0 Å². The molecule has 5 heteroatoms. The number of halogens is 1. The highest BCUT2D eigenvalue weighted by Crippen LogP contribution is 2.24. The fraction of sp³-hybridized carbons (Fsp3) is 0.538. The maximum absolute atomic E-state index is 12.3. The lowest BCUT2D eigenvalue weighted by atomic mass is 9.88. The molecule has 0 spiro atoms. The first kappa shape index (κ1) is 15.5. The Kier molecular flexibility index (Phi) is 4.81. The Bertz CT molecular complexity index is 506. The van der Waals surface area contributed by atoms with E-state index in [1.165, 1.54) is 6.07 Å². The van der Waals surface area contributed by atoms with E-state index in [9.17, 15) is 8.42 Å². The van der Waals surface area contributed by atoms with Crippen LogP contribution in [0.4, 0.5) is 0 Å². The van der Waals surface area contributed by atoms with Crippen molar-refractivity contribution in [3.8, 4) is 0 Å². The van der Waals surface area contributed by atoms with Gasteiger partial charge in [-0.05, 0) is 30.7 Å². The van der Waals surface area contributed by atoms with Crippen LogP contribution in [0.2, 0.25) is 5.02 Å². The third kappa shape index (κ3) is 3.97. The molecule has 102 valence electrons. The van der Waals surface area contributed by atoms with Crippen LogP contribution in [0.25, 0.3) is 0 Å². The Hall–Kier alpha value is -0.580. The molecule has 1 N–H and O–H groups in total. The van der Waals surface area contributed by atoms with Crippen molar-refractivity contribution in [1.29, 1.82) is 0 Å². The van der Waals surface area contributed by atoms with Crippen LogP contribution in [0.3, 0.4) is 0 Å². The van der Waals surface area contributed by atoms with E-state index in [2.05, 4.69) is 5.32 Å². The lowest BCUT2D eigenvalue weighted by Crippen LogP contribution is -2.43. The van der Waals surface area contributed by atoms with Crippen molar-refractivity contribution in [2.24, 2.45) is 5.41 Å². The third-order valence-electron chi connectivity index (χ3n) is 2.94. The van der Waals surface area contributed by atoms with Gasteiger partial charge >= 0.3 is 0 Å². The van der Waals surface area contributed by atoms with Crippen molar-refractivity contribution in [2.45, 2.75) is 31.7 Å². The second-order valence-corrected chi connectivity index (χ2v) is 7.92. The number of hydrogen-bond donors (Lipinski definition) is 1. The summed E-state index contributed by atoms with van der Waals surface area (Å²) in [6.45, 7) is 6.05. The van der Waals surface area contributed by atoms with Gasteiger partial charge in [-0.1, -0.05) is 38.4 Å². The molecule has 0 aliphatic rings. The van der Waals surface area contributed by atoms with Gasteiger partial charge < -0.3 is 5.32 Å². The fourth-order valence-corrected chi connectivity index (χ4v) is 3.89. The molecular weight excluding hydrogens is 270 g/mol. The summed E-state index contributed by atoms with van der Waals surface area (Å²) in [5.41, 5.74) is -0.125. The van der Waals surface area contributed by atoms with E-state index in [0.29, 0.717) is 5.02 Å². The highest BCUT2D eigenvalue weighted by atomic mass is 35.5. The van der Waals surface area contributed by atoms with E-state index in [-0.39, 0.29) is 22.1 Å². The Morgan fingerprint density at radius 3 is 2.39 bits per heavy atom. The average molecular weight is 290 g/mol. The monoisotopic (exact) mass is 289 g/mol. The Morgan fingerprint density at radius 2 is 1.94 bits per heavy atom. The van der Waals surface area contributed by atoms with E-state index in [0.717, 1.165) is 0 Å². The zero-order valence-corrected chi connectivity index (χ0v) is 12.8. The summed E-state index contributed by atoms with van der Waals surface area (Å²) >= 11 is 5.83. The van der Waals surface area contributed by atoms with Gasteiger partial charge in [0, 0.05) is 11.1 Å². The summed E-state index contributed by atoms with van der Waals surface area (Å²) in [5.74, 6) is 0.0628. The fourth-order valence-electron chi connectivity index (χ4n) is 1.74. The van der Waals surface area contributed by atoms with Crippen LogP contribution >= 0.6 is 11.6 Å². The van der Waals surface area contributed by atoms with Crippen molar-refractivity contribution >= 4 is 21.4 Å². The molecule has 18 heavy (non-hydrogen) atoms. The van der Waals surface area contributed by atoms with Crippen LogP contribution in [0, 0.1) is 5.41 Å². The molecule has 1 aromatic carbocycles. The van der Waals surface area contributed by atoms with Crippen molar-refractivity contribution in [2.75, 3.05) is 12.8 Å². The molecule has 1 rings (SSSR count). The molecule has 0 saturated carbocycles. The molecule has 1 atom stereocenters. The highest BCUT2D eigenvalue weighted by Gasteiger charge is 2.29. The first-order valence-corrected chi connectivity index (χ1v) is 7.85. The van der Waals surface area contributed by atoms with Crippen LogP contribution in [-0.2, 0) is 9.84 Å². The molecule has 1 aromatic rings. The SMILES string of the molecule is CNC(CS(=O)(=O)c1cccc(Cl)c1)C(C)(C)C. The molecule has 0 fully saturated rings. The lowest BCUT2D eigenvalue weighted by molar-refractivity contribution is 0.302. The molecule has 3 nitrogen and oxygen atoms in total. The second kappa shape index (κ2) is 5.59. The van der Waals surface area contributed by atoms with Gasteiger partial charge in [-0.15, -0.1) is 0 Å². The first-order valence-electron chi connectivity index (χ1n) is 5.82. The van der Waals surface area contributed by atoms with Gasteiger partial charge in [0.25, 0.3) is 0 Å². The standard InChI is InChI=1S/C13H20ClNO2S/c1-13(2,3)12(15-4)9-18(16,17)11-7-5-6-10(14)8-11/h5-8,12,15H,9H2,1-4H3. The van der Waals surface area contributed by atoms with Crippen LogP contribution in [0.1, 0.15) is 20.8 Å². The van der Waals surface area contributed by atoms with Crippen molar-refractivity contribution < 1.29 is 8.42 Å². The smallest absolute Gasteiger partial charge is 0.179 e. The van der Waals surface area contributed by atoms with E-state index >= 15 is 0 Å². The van der Waals surface area contributed by atoms with Gasteiger partial charge in [0.1, 0.15) is 0 Å². The van der Waals surface area contributed by atoms with E-state index in [4.69, 9.17) is 11.6 Å². The highest BCUT2D eigenvalue weighted by molar-refractivity contribution is 7.91. The first-order chi connectivity index (χ1) is 8.16. The molecule has 0 aliphatic carbocycles. The molecule has 0 aromatic heterocycles. The zero-order valence-electron chi connectivity index (χ0n) is 11.2.